The molecule has 4 aromatic rings. The van der Waals surface area contributed by atoms with Crippen molar-refractivity contribution in [3.05, 3.63) is 76.9 Å². The number of benzene rings is 2. The van der Waals surface area contributed by atoms with Crippen LogP contribution in [0.3, 0.4) is 0 Å². The van der Waals surface area contributed by atoms with Crippen molar-refractivity contribution in [3.8, 4) is 22.9 Å². The molecule has 1 saturated heterocycles. The molecule has 4 heterocycles. The van der Waals surface area contributed by atoms with E-state index in [0.717, 1.165) is 48.4 Å². The number of nitrogens with one attached hydrogen (secondary N) is 1. The summed E-state index contributed by atoms with van der Waals surface area (Å²) in [6.07, 6.45) is 1.90. The molecule has 2 aliphatic heterocycles. The van der Waals surface area contributed by atoms with E-state index in [2.05, 4.69) is 44.5 Å². The molecule has 0 bridgehead atoms. The van der Waals surface area contributed by atoms with Gasteiger partial charge >= 0.3 is 5.63 Å². The standard InChI is InChI=1S/C28H28N4O4/c1-28(2)25(14-20-13-19-5-8-27(33)34-23(19)16-24(20)36-28)35-26-15-22(30-17-31-26)18-3-6-21(7-4-18)32-11-9-29-10-12-32/h3-8,13,15-17,25,29H,9-12,14H2,1-2H3. The number of rotatable bonds is 4. The lowest BCUT2D eigenvalue weighted by Gasteiger charge is -2.39. The molecule has 1 N–H and O–H groups in total. The summed E-state index contributed by atoms with van der Waals surface area (Å²) in [7, 11) is 0. The highest BCUT2D eigenvalue weighted by molar-refractivity contribution is 5.79. The van der Waals surface area contributed by atoms with E-state index in [4.69, 9.17) is 13.9 Å². The Morgan fingerprint density at radius 2 is 1.83 bits per heavy atom. The molecule has 0 amide bonds. The lowest BCUT2D eigenvalue weighted by molar-refractivity contribution is -0.0287. The van der Waals surface area contributed by atoms with Crippen molar-refractivity contribution in [2.45, 2.75) is 32.0 Å². The first-order chi connectivity index (χ1) is 17.4. The number of aromatic nitrogens is 2. The molecule has 1 unspecified atom stereocenters. The second-order valence-corrected chi connectivity index (χ2v) is 9.79. The van der Waals surface area contributed by atoms with Crippen LogP contribution in [-0.2, 0) is 6.42 Å². The van der Waals surface area contributed by atoms with Gasteiger partial charge in [-0.25, -0.2) is 14.8 Å². The maximum Gasteiger partial charge on any atom is 0.336 e. The Kier molecular flexibility index (Phi) is 5.60. The van der Waals surface area contributed by atoms with Gasteiger partial charge in [-0.05, 0) is 43.7 Å². The summed E-state index contributed by atoms with van der Waals surface area (Å²) in [5.74, 6) is 1.21. The Morgan fingerprint density at radius 3 is 2.64 bits per heavy atom. The molecular formula is C28H28N4O4. The third-order valence-corrected chi connectivity index (χ3v) is 6.91. The molecule has 0 aliphatic carbocycles. The van der Waals surface area contributed by atoms with E-state index in [-0.39, 0.29) is 11.7 Å². The normalized spacial score (nSPS) is 18.9. The number of piperazine rings is 1. The van der Waals surface area contributed by atoms with Gasteiger partial charge in [0.25, 0.3) is 0 Å². The van der Waals surface area contributed by atoms with E-state index in [1.807, 2.05) is 26.0 Å². The Morgan fingerprint density at radius 1 is 1.03 bits per heavy atom. The van der Waals surface area contributed by atoms with Crippen molar-refractivity contribution < 1.29 is 13.9 Å². The predicted octanol–water partition coefficient (Wildman–Crippen LogP) is 3.82. The zero-order chi connectivity index (χ0) is 24.7. The Bertz CT molecular complexity index is 1460. The highest BCUT2D eigenvalue weighted by Gasteiger charge is 2.39. The van der Waals surface area contributed by atoms with Crippen molar-refractivity contribution >= 4 is 16.7 Å². The number of hydrogen-bond donors (Lipinski definition) is 1. The second kappa shape index (κ2) is 8.95. The molecule has 2 aromatic heterocycles. The number of hydrogen-bond acceptors (Lipinski definition) is 8. The molecule has 8 heteroatoms. The molecule has 184 valence electrons. The second-order valence-electron chi connectivity index (χ2n) is 9.79. The van der Waals surface area contributed by atoms with Crippen LogP contribution < -0.4 is 25.3 Å². The molecule has 2 aliphatic rings. The lowest BCUT2D eigenvalue weighted by atomic mass is 9.90. The first-order valence-electron chi connectivity index (χ1n) is 12.3. The first kappa shape index (κ1) is 22.5. The maximum atomic E-state index is 11.6. The van der Waals surface area contributed by atoms with Crippen molar-refractivity contribution in [2.75, 3.05) is 31.1 Å². The third-order valence-electron chi connectivity index (χ3n) is 6.91. The average Bonchev–Trinajstić information content (AvgIpc) is 2.89. The summed E-state index contributed by atoms with van der Waals surface area (Å²) in [4.78, 5) is 22.8. The molecule has 1 fully saturated rings. The van der Waals surface area contributed by atoms with E-state index < -0.39 is 5.60 Å². The van der Waals surface area contributed by atoms with Crippen LogP contribution in [0.2, 0.25) is 0 Å². The molecule has 0 radical (unpaired) electrons. The monoisotopic (exact) mass is 484 g/mol. The maximum absolute atomic E-state index is 11.6. The van der Waals surface area contributed by atoms with Crippen molar-refractivity contribution in [2.24, 2.45) is 0 Å². The van der Waals surface area contributed by atoms with Gasteiger partial charge in [0, 0.05) is 67.4 Å². The van der Waals surface area contributed by atoms with Gasteiger partial charge in [0.1, 0.15) is 29.4 Å². The summed E-state index contributed by atoms with van der Waals surface area (Å²) in [5, 5.41) is 4.24. The van der Waals surface area contributed by atoms with Gasteiger partial charge in [0.15, 0.2) is 0 Å². The minimum atomic E-state index is -0.619. The number of ether oxygens (including phenoxy) is 2. The van der Waals surface area contributed by atoms with Crippen LogP contribution in [0.15, 0.2) is 70.1 Å². The fourth-order valence-electron chi connectivity index (χ4n) is 4.85. The SMILES string of the molecule is CC1(C)Oc2cc3oc(=O)ccc3cc2CC1Oc1cc(-c2ccc(N3CCNCC3)cc2)ncn1. The summed E-state index contributed by atoms with van der Waals surface area (Å²) in [5.41, 5.74) is 3.56. The summed E-state index contributed by atoms with van der Waals surface area (Å²) >= 11 is 0. The van der Waals surface area contributed by atoms with Gasteiger partial charge in [-0.1, -0.05) is 12.1 Å². The van der Waals surface area contributed by atoms with Gasteiger partial charge < -0.3 is 24.1 Å². The van der Waals surface area contributed by atoms with Crippen LogP contribution in [-0.4, -0.2) is 47.9 Å². The van der Waals surface area contributed by atoms with Crippen LogP contribution in [0.4, 0.5) is 5.69 Å². The predicted molar refractivity (Wildman–Crippen MR) is 138 cm³/mol. The molecule has 8 nitrogen and oxygen atoms in total. The third kappa shape index (κ3) is 4.40. The fraction of sp³-hybridized carbons (Fsp3) is 0.321. The molecule has 0 saturated carbocycles. The number of fused-ring (bicyclic) bond motifs is 2. The van der Waals surface area contributed by atoms with E-state index in [1.54, 1.807) is 12.1 Å². The topological polar surface area (TPSA) is 89.7 Å². The largest absolute Gasteiger partial charge is 0.484 e. The highest BCUT2D eigenvalue weighted by Crippen LogP contribution is 2.37. The first-order valence-corrected chi connectivity index (χ1v) is 12.3. The highest BCUT2D eigenvalue weighted by atomic mass is 16.6. The number of anilines is 1. The van der Waals surface area contributed by atoms with Crippen LogP contribution in [0.25, 0.3) is 22.2 Å². The van der Waals surface area contributed by atoms with Crippen LogP contribution >= 0.6 is 0 Å². The Balaban J connectivity index is 1.23. The summed E-state index contributed by atoms with van der Waals surface area (Å²) in [6.45, 7) is 8.01. The summed E-state index contributed by atoms with van der Waals surface area (Å²) in [6, 6.07) is 17.3. The van der Waals surface area contributed by atoms with Gasteiger partial charge in [0.05, 0.1) is 5.69 Å². The van der Waals surface area contributed by atoms with Gasteiger partial charge in [0.2, 0.25) is 5.88 Å². The minimum Gasteiger partial charge on any atom is -0.484 e. The summed E-state index contributed by atoms with van der Waals surface area (Å²) < 4.78 is 18.0. The molecule has 36 heavy (non-hydrogen) atoms. The molecular weight excluding hydrogens is 456 g/mol. The van der Waals surface area contributed by atoms with Gasteiger partial charge in [-0.2, -0.15) is 0 Å². The molecule has 6 rings (SSSR count). The average molecular weight is 485 g/mol. The molecule has 2 aromatic carbocycles. The molecule has 1 atom stereocenters. The van der Waals surface area contributed by atoms with Crippen LogP contribution in [0.1, 0.15) is 19.4 Å². The van der Waals surface area contributed by atoms with Gasteiger partial charge in [-0.15, -0.1) is 0 Å². The smallest absolute Gasteiger partial charge is 0.336 e. The van der Waals surface area contributed by atoms with Crippen molar-refractivity contribution in [3.63, 3.8) is 0 Å². The van der Waals surface area contributed by atoms with Gasteiger partial charge in [-0.3, -0.25) is 0 Å². The van der Waals surface area contributed by atoms with Crippen molar-refractivity contribution in [1.29, 1.82) is 0 Å². The van der Waals surface area contributed by atoms with Crippen molar-refractivity contribution in [1.82, 2.24) is 15.3 Å². The fourth-order valence-corrected chi connectivity index (χ4v) is 4.85. The Labute approximate surface area is 208 Å². The zero-order valence-corrected chi connectivity index (χ0v) is 20.4. The van der Waals surface area contributed by atoms with Crippen LogP contribution in [0, 0.1) is 0 Å². The minimum absolute atomic E-state index is 0.268. The quantitative estimate of drug-likeness (QED) is 0.438. The van der Waals surface area contributed by atoms with E-state index in [0.29, 0.717) is 23.6 Å². The van der Waals surface area contributed by atoms with Crippen LogP contribution in [0.5, 0.6) is 11.6 Å². The Hall–Kier alpha value is -3.91. The lowest BCUT2D eigenvalue weighted by Crippen LogP contribution is -2.49. The zero-order valence-electron chi connectivity index (χ0n) is 20.4. The van der Waals surface area contributed by atoms with E-state index >= 15 is 0 Å². The number of nitrogens with zero attached hydrogens (tertiary/aromatic N) is 3. The molecule has 0 spiro atoms. The van der Waals surface area contributed by atoms with E-state index in [9.17, 15) is 4.79 Å². The van der Waals surface area contributed by atoms with E-state index in [1.165, 1.54) is 18.1 Å².